The lowest BCUT2D eigenvalue weighted by Crippen LogP contribution is -2.32. The van der Waals surface area contributed by atoms with E-state index in [4.69, 9.17) is 9.73 Å². The molecule has 0 saturated heterocycles. The Kier molecular flexibility index (Phi) is 6.77. The predicted octanol–water partition coefficient (Wildman–Crippen LogP) is 7.62. The molecule has 5 heteroatoms. The third kappa shape index (κ3) is 4.91. The molecule has 0 saturated carbocycles. The molecule has 4 nitrogen and oxygen atoms in total. The van der Waals surface area contributed by atoms with E-state index in [2.05, 4.69) is 35.0 Å². The minimum atomic E-state index is -0.150. The number of rotatable bonds is 7. The van der Waals surface area contributed by atoms with Crippen LogP contribution in [0.2, 0.25) is 0 Å². The van der Waals surface area contributed by atoms with Crippen LogP contribution in [0.4, 0.5) is 5.69 Å². The van der Waals surface area contributed by atoms with E-state index in [0.717, 1.165) is 50.7 Å². The fourth-order valence-corrected chi connectivity index (χ4v) is 4.35. The number of hydrogen-bond acceptors (Lipinski definition) is 3. The van der Waals surface area contributed by atoms with Crippen LogP contribution in [0.3, 0.4) is 0 Å². The first-order valence-corrected chi connectivity index (χ1v) is 12.5. The molecular weight excluding hydrogens is 500 g/mol. The Bertz CT molecular complexity index is 1420. The number of halogens is 1. The molecule has 0 fully saturated rings. The molecule has 1 aliphatic heterocycles. The average Bonchev–Trinajstić information content (AvgIpc) is 3.21. The Morgan fingerprint density at radius 1 is 0.914 bits per heavy atom. The summed E-state index contributed by atoms with van der Waals surface area (Å²) >= 11 is 3.47. The summed E-state index contributed by atoms with van der Waals surface area (Å²) in [5.41, 5.74) is 2.99. The zero-order chi connectivity index (χ0) is 24.2. The Hall–Kier alpha value is -3.70. The van der Waals surface area contributed by atoms with Crippen molar-refractivity contribution in [3.05, 3.63) is 112 Å². The molecule has 0 aliphatic carbocycles. The van der Waals surface area contributed by atoms with Gasteiger partial charge in [-0.15, -0.1) is 0 Å². The summed E-state index contributed by atoms with van der Waals surface area (Å²) in [6.07, 6.45) is 3.94. The normalized spacial score (nSPS) is 14.6. The van der Waals surface area contributed by atoms with Crippen molar-refractivity contribution in [1.82, 2.24) is 0 Å². The molecule has 0 bridgehead atoms. The number of carbonyl (C=O) groups is 1. The van der Waals surface area contributed by atoms with Gasteiger partial charge in [-0.1, -0.05) is 77.8 Å². The Balaban J connectivity index is 1.58. The summed E-state index contributed by atoms with van der Waals surface area (Å²) in [7, 11) is 0. The molecule has 0 aromatic heterocycles. The van der Waals surface area contributed by atoms with Crippen LogP contribution in [0, 0.1) is 0 Å². The van der Waals surface area contributed by atoms with Gasteiger partial charge in [0.25, 0.3) is 5.91 Å². The summed E-state index contributed by atoms with van der Waals surface area (Å²) in [5.74, 6) is 1.27. The molecule has 0 atom stereocenters. The Labute approximate surface area is 213 Å². The van der Waals surface area contributed by atoms with Crippen molar-refractivity contribution in [3.8, 4) is 5.75 Å². The first-order chi connectivity index (χ1) is 17.1. The highest BCUT2D eigenvalue weighted by Gasteiger charge is 2.33. The van der Waals surface area contributed by atoms with E-state index in [0.29, 0.717) is 18.1 Å². The number of carbonyl (C=O) groups excluding carboxylic acids is 1. The maximum absolute atomic E-state index is 13.8. The molecule has 4 aromatic rings. The fourth-order valence-electron chi connectivity index (χ4n) is 4.09. The number of aliphatic imine (C=N–C) groups is 1. The smallest absolute Gasteiger partial charge is 0.282 e. The van der Waals surface area contributed by atoms with E-state index in [9.17, 15) is 4.79 Å². The third-order valence-corrected chi connectivity index (χ3v) is 6.45. The molecule has 0 unspecified atom stereocenters. The number of benzene rings is 4. The van der Waals surface area contributed by atoms with Crippen molar-refractivity contribution < 1.29 is 9.53 Å². The first kappa shape index (κ1) is 23.1. The minimum Gasteiger partial charge on any atom is -0.494 e. The lowest BCUT2D eigenvalue weighted by atomic mass is 10.1. The molecule has 1 aliphatic rings. The number of ether oxygens (including phenoxy) is 1. The number of fused-ring (bicyclic) bond motifs is 1. The molecule has 1 heterocycles. The maximum atomic E-state index is 13.8. The molecule has 0 spiro atoms. The van der Waals surface area contributed by atoms with Gasteiger partial charge in [0.05, 0.1) is 12.3 Å². The zero-order valence-electron chi connectivity index (χ0n) is 19.4. The number of unbranched alkanes of at least 4 members (excludes halogenated alkanes) is 1. The van der Waals surface area contributed by atoms with Crippen LogP contribution in [0.1, 0.15) is 30.9 Å². The highest BCUT2D eigenvalue weighted by molar-refractivity contribution is 9.10. The van der Waals surface area contributed by atoms with Crippen LogP contribution in [-0.4, -0.2) is 18.3 Å². The summed E-state index contributed by atoms with van der Waals surface area (Å²) in [6, 6.07) is 29.7. The number of amidine groups is 1. The van der Waals surface area contributed by atoms with Gasteiger partial charge in [0.2, 0.25) is 0 Å². The van der Waals surface area contributed by atoms with Crippen LogP contribution in [-0.2, 0) is 4.79 Å². The molecule has 5 rings (SSSR count). The molecule has 0 N–H and O–H groups in total. The van der Waals surface area contributed by atoms with E-state index < -0.39 is 0 Å². The summed E-state index contributed by atoms with van der Waals surface area (Å²) in [6.45, 7) is 2.83. The maximum Gasteiger partial charge on any atom is 0.282 e. The van der Waals surface area contributed by atoms with Crippen LogP contribution < -0.4 is 9.64 Å². The van der Waals surface area contributed by atoms with Gasteiger partial charge in [-0.2, -0.15) is 0 Å². The number of nitrogens with zero attached hydrogens (tertiary/aromatic N) is 2. The molecule has 0 radical (unpaired) electrons. The van der Waals surface area contributed by atoms with Crippen molar-refractivity contribution in [3.63, 3.8) is 0 Å². The number of anilines is 1. The molecule has 4 aromatic carbocycles. The van der Waals surface area contributed by atoms with Gasteiger partial charge in [0.1, 0.15) is 17.3 Å². The van der Waals surface area contributed by atoms with Gasteiger partial charge in [-0.05, 0) is 65.9 Å². The van der Waals surface area contributed by atoms with Gasteiger partial charge < -0.3 is 4.74 Å². The van der Waals surface area contributed by atoms with E-state index in [-0.39, 0.29) is 5.91 Å². The quantitative estimate of drug-likeness (QED) is 0.184. The van der Waals surface area contributed by atoms with Gasteiger partial charge in [-0.3, -0.25) is 9.69 Å². The summed E-state index contributed by atoms with van der Waals surface area (Å²) in [5, 5.41) is 2.07. The van der Waals surface area contributed by atoms with Crippen LogP contribution in [0.5, 0.6) is 5.75 Å². The number of amides is 1. The topological polar surface area (TPSA) is 41.9 Å². The fraction of sp³-hybridized carbons (Fsp3) is 0.133. The van der Waals surface area contributed by atoms with E-state index in [1.165, 1.54) is 0 Å². The minimum absolute atomic E-state index is 0.150. The van der Waals surface area contributed by atoms with Gasteiger partial charge in [0.15, 0.2) is 0 Å². The standard InChI is InChI=1S/C30H25BrN2O2/c1-2-3-19-35-25-17-13-23(14-18-25)29-32-27(20-21-11-15-24(31)16-12-21)30(34)33(29)28-10-6-8-22-7-4-5-9-26(22)28/h4-18,20H,2-3,19H2,1H3/b27-20-. The lowest BCUT2D eigenvalue weighted by molar-refractivity contribution is -0.113. The summed E-state index contributed by atoms with van der Waals surface area (Å²) < 4.78 is 6.81. The van der Waals surface area contributed by atoms with Crippen molar-refractivity contribution in [2.24, 2.45) is 4.99 Å². The van der Waals surface area contributed by atoms with Gasteiger partial charge >= 0.3 is 0 Å². The van der Waals surface area contributed by atoms with E-state index in [1.807, 2.05) is 84.9 Å². The highest BCUT2D eigenvalue weighted by Crippen LogP contribution is 2.33. The van der Waals surface area contributed by atoms with Crippen LogP contribution in [0.15, 0.2) is 106 Å². The van der Waals surface area contributed by atoms with Gasteiger partial charge in [0, 0.05) is 15.4 Å². The SMILES string of the molecule is CCCCOc1ccc(C2=N/C(=C\c3ccc(Br)cc3)C(=O)N2c2cccc3ccccc23)cc1. The molecule has 174 valence electrons. The predicted molar refractivity (Wildman–Crippen MR) is 147 cm³/mol. The first-order valence-electron chi connectivity index (χ1n) is 11.8. The van der Waals surface area contributed by atoms with E-state index >= 15 is 0 Å². The second-order valence-electron chi connectivity index (χ2n) is 8.38. The van der Waals surface area contributed by atoms with Crippen molar-refractivity contribution in [1.29, 1.82) is 0 Å². The Morgan fingerprint density at radius 3 is 2.43 bits per heavy atom. The monoisotopic (exact) mass is 524 g/mol. The van der Waals surface area contributed by atoms with Crippen LogP contribution in [0.25, 0.3) is 16.8 Å². The lowest BCUT2D eigenvalue weighted by Gasteiger charge is -2.20. The second-order valence-corrected chi connectivity index (χ2v) is 9.30. The van der Waals surface area contributed by atoms with Crippen molar-refractivity contribution in [2.75, 3.05) is 11.5 Å². The highest BCUT2D eigenvalue weighted by atomic mass is 79.9. The zero-order valence-corrected chi connectivity index (χ0v) is 21.0. The summed E-state index contributed by atoms with van der Waals surface area (Å²) in [4.78, 5) is 20.3. The Morgan fingerprint density at radius 2 is 1.66 bits per heavy atom. The number of hydrogen-bond donors (Lipinski definition) is 0. The third-order valence-electron chi connectivity index (χ3n) is 5.92. The van der Waals surface area contributed by atoms with E-state index in [1.54, 1.807) is 4.90 Å². The largest absolute Gasteiger partial charge is 0.494 e. The average molecular weight is 525 g/mol. The van der Waals surface area contributed by atoms with Gasteiger partial charge in [-0.25, -0.2) is 4.99 Å². The molecule has 1 amide bonds. The second kappa shape index (κ2) is 10.3. The van der Waals surface area contributed by atoms with Crippen molar-refractivity contribution >= 4 is 50.2 Å². The van der Waals surface area contributed by atoms with Crippen LogP contribution >= 0.6 is 15.9 Å². The molecular formula is C30H25BrN2O2. The molecule has 35 heavy (non-hydrogen) atoms. The van der Waals surface area contributed by atoms with Crippen molar-refractivity contribution in [2.45, 2.75) is 19.8 Å².